The minimum absolute atomic E-state index is 0.203. The zero-order valence-corrected chi connectivity index (χ0v) is 10.5. The van der Waals surface area contributed by atoms with Crippen molar-refractivity contribution < 1.29 is 14.9 Å². The molecule has 1 saturated heterocycles. The first kappa shape index (κ1) is 13.1. The van der Waals surface area contributed by atoms with Gasteiger partial charge in [0.1, 0.15) is 6.23 Å². The molecule has 1 aliphatic rings. The lowest BCUT2D eigenvalue weighted by Crippen LogP contribution is -2.49. The monoisotopic (exact) mass is 277 g/mol. The number of rotatable bonds is 3. The summed E-state index contributed by atoms with van der Waals surface area (Å²) in [4.78, 5) is 0. The molecule has 0 aromatic heterocycles. The molecular formula is C11H13Cl2NO3. The maximum atomic E-state index is 9.24. The molecular weight excluding hydrogens is 265 g/mol. The summed E-state index contributed by atoms with van der Waals surface area (Å²) in [5.41, 5.74) is -0.0759. The molecule has 4 nitrogen and oxygen atoms in total. The molecule has 1 aromatic carbocycles. The average molecular weight is 278 g/mol. The van der Waals surface area contributed by atoms with Gasteiger partial charge < -0.3 is 14.9 Å². The summed E-state index contributed by atoms with van der Waals surface area (Å²) < 4.78 is 5.50. The second-order valence-corrected chi connectivity index (χ2v) is 4.94. The zero-order chi connectivity index (χ0) is 12.5. The Morgan fingerprint density at radius 2 is 2.06 bits per heavy atom. The topological polar surface area (TPSA) is 61.7 Å². The van der Waals surface area contributed by atoms with E-state index in [0.29, 0.717) is 10.0 Å². The van der Waals surface area contributed by atoms with Crippen LogP contribution in [0.4, 0.5) is 0 Å². The number of ether oxygens (including phenoxy) is 1. The van der Waals surface area contributed by atoms with Crippen LogP contribution in [0.15, 0.2) is 18.2 Å². The number of hydrogen-bond acceptors (Lipinski definition) is 4. The van der Waals surface area contributed by atoms with Crippen LogP contribution in [0.25, 0.3) is 0 Å². The first-order valence-corrected chi connectivity index (χ1v) is 5.92. The van der Waals surface area contributed by atoms with Crippen LogP contribution in [0.2, 0.25) is 10.0 Å². The number of halogens is 2. The van der Waals surface area contributed by atoms with Gasteiger partial charge in [-0.2, -0.15) is 0 Å². The summed E-state index contributed by atoms with van der Waals surface area (Å²) in [6.45, 7) is -0.181. The van der Waals surface area contributed by atoms with E-state index in [-0.39, 0.29) is 19.8 Å². The van der Waals surface area contributed by atoms with Gasteiger partial charge in [-0.05, 0) is 12.1 Å². The second-order valence-electron chi connectivity index (χ2n) is 4.10. The van der Waals surface area contributed by atoms with Crippen LogP contribution in [-0.4, -0.2) is 35.6 Å². The molecule has 1 aliphatic heterocycles. The van der Waals surface area contributed by atoms with Crippen molar-refractivity contribution in [3.63, 3.8) is 0 Å². The smallest absolute Gasteiger partial charge is 0.136 e. The molecule has 0 saturated carbocycles. The normalized spacial score (nSPS) is 22.9. The maximum Gasteiger partial charge on any atom is 0.136 e. The molecule has 1 heterocycles. The van der Waals surface area contributed by atoms with Crippen LogP contribution >= 0.6 is 23.2 Å². The van der Waals surface area contributed by atoms with E-state index in [4.69, 9.17) is 27.9 Å². The first-order valence-electron chi connectivity index (χ1n) is 5.16. The SMILES string of the molecule is OCC1(CO)CO[C@H](c2ccc(Cl)cc2Cl)N1. The van der Waals surface area contributed by atoms with Crippen molar-refractivity contribution in [2.45, 2.75) is 11.8 Å². The minimum Gasteiger partial charge on any atom is -0.394 e. The molecule has 0 radical (unpaired) electrons. The second kappa shape index (κ2) is 5.10. The number of benzene rings is 1. The number of nitrogens with one attached hydrogen (secondary N) is 1. The Morgan fingerprint density at radius 1 is 1.35 bits per heavy atom. The lowest BCUT2D eigenvalue weighted by atomic mass is 10.0. The van der Waals surface area contributed by atoms with Crippen LogP contribution in [-0.2, 0) is 4.74 Å². The van der Waals surface area contributed by atoms with Crippen molar-refractivity contribution in [2.75, 3.05) is 19.8 Å². The van der Waals surface area contributed by atoms with Gasteiger partial charge in [0.05, 0.1) is 25.4 Å². The van der Waals surface area contributed by atoms with Crippen LogP contribution in [0, 0.1) is 0 Å². The first-order chi connectivity index (χ1) is 8.10. The van der Waals surface area contributed by atoms with Gasteiger partial charge in [-0.3, -0.25) is 5.32 Å². The molecule has 1 fully saturated rings. The van der Waals surface area contributed by atoms with E-state index in [1.54, 1.807) is 18.2 Å². The third-order valence-corrected chi connectivity index (χ3v) is 3.38. The van der Waals surface area contributed by atoms with Gasteiger partial charge in [0, 0.05) is 15.6 Å². The fourth-order valence-electron chi connectivity index (χ4n) is 1.72. The number of aliphatic hydroxyl groups excluding tert-OH is 2. The molecule has 1 aromatic rings. The van der Waals surface area contributed by atoms with E-state index in [2.05, 4.69) is 5.32 Å². The van der Waals surface area contributed by atoms with E-state index >= 15 is 0 Å². The van der Waals surface area contributed by atoms with Crippen LogP contribution in [0.3, 0.4) is 0 Å². The molecule has 2 rings (SSSR count). The van der Waals surface area contributed by atoms with E-state index in [0.717, 1.165) is 5.56 Å². The van der Waals surface area contributed by atoms with Gasteiger partial charge in [-0.25, -0.2) is 0 Å². The van der Waals surface area contributed by atoms with Crippen molar-refractivity contribution in [3.8, 4) is 0 Å². The highest BCUT2D eigenvalue weighted by Gasteiger charge is 2.39. The fraction of sp³-hybridized carbons (Fsp3) is 0.455. The average Bonchev–Trinajstić information content (AvgIpc) is 2.74. The standard InChI is InChI=1S/C11H13Cl2NO3/c12-7-1-2-8(9(13)3-7)10-14-11(4-15,5-16)6-17-10/h1-3,10,14-16H,4-6H2/t10-/m1/s1. The van der Waals surface area contributed by atoms with Gasteiger partial charge in [0.25, 0.3) is 0 Å². The Labute approximate surface area is 109 Å². The number of hydrogen-bond donors (Lipinski definition) is 3. The Kier molecular flexibility index (Phi) is 3.92. The van der Waals surface area contributed by atoms with Gasteiger partial charge in [0.15, 0.2) is 0 Å². The maximum absolute atomic E-state index is 9.24. The zero-order valence-electron chi connectivity index (χ0n) is 8.99. The highest BCUT2D eigenvalue weighted by molar-refractivity contribution is 6.35. The van der Waals surface area contributed by atoms with E-state index in [1.807, 2.05) is 0 Å². The summed E-state index contributed by atoms with van der Waals surface area (Å²) in [6, 6.07) is 5.10. The summed E-state index contributed by atoms with van der Waals surface area (Å²) in [6.07, 6.45) is -0.445. The third kappa shape index (κ3) is 2.57. The Bertz CT molecular complexity index is 410. The molecule has 6 heteroatoms. The lowest BCUT2D eigenvalue weighted by Gasteiger charge is -2.23. The molecule has 0 bridgehead atoms. The molecule has 17 heavy (non-hydrogen) atoms. The van der Waals surface area contributed by atoms with E-state index in [1.165, 1.54) is 0 Å². The molecule has 0 amide bonds. The van der Waals surface area contributed by atoms with E-state index in [9.17, 15) is 10.2 Å². The summed E-state index contributed by atoms with van der Waals surface area (Å²) >= 11 is 11.9. The molecule has 94 valence electrons. The highest BCUT2D eigenvalue weighted by Crippen LogP contribution is 2.32. The van der Waals surface area contributed by atoms with E-state index < -0.39 is 11.8 Å². The molecule has 3 N–H and O–H groups in total. The third-order valence-electron chi connectivity index (χ3n) is 2.81. The quantitative estimate of drug-likeness (QED) is 0.780. The van der Waals surface area contributed by atoms with Crippen molar-refractivity contribution in [1.82, 2.24) is 5.32 Å². The Balaban J connectivity index is 2.20. The minimum atomic E-state index is -0.812. The van der Waals surface area contributed by atoms with Gasteiger partial charge in [0.2, 0.25) is 0 Å². The molecule has 0 aliphatic carbocycles. The summed E-state index contributed by atoms with van der Waals surface area (Å²) in [5, 5.41) is 22.5. The van der Waals surface area contributed by atoms with Crippen molar-refractivity contribution in [3.05, 3.63) is 33.8 Å². The van der Waals surface area contributed by atoms with Crippen molar-refractivity contribution >= 4 is 23.2 Å². The Morgan fingerprint density at radius 3 is 2.59 bits per heavy atom. The Hall–Kier alpha value is -0.360. The van der Waals surface area contributed by atoms with Crippen molar-refractivity contribution in [2.24, 2.45) is 0 Å². The van der Waals surface area contributed by atoms with Crippen LogP contribution in [0.5, 0.6) is 0 Å². The van der Waals surface area contributed by atoms with Gasteiger partial charge >= 0.3 is 0 Å². The molecule has 0 spiro atoms. The lowest BCUT2D eigenvalue weighted by molar-refractivity contribution is 0.0760. The molecule has 1 atom stereocenters. The largest absolute Gasteiger partial charge is 0.394 e. The van der Waals surface area contributed by atoms with Crippen LogP contribution < -0.4 is 5.32 Å². The number of aliphatic hydroxyl groups is 2. The molecule has 0 unspecified atom stereocenters. The predicted molar refractivity (Wildman–Crippen MR) is 65.2 cm³/mol. The summed E-state index contributed by atoms with van der Waals surface area (Å²) in [7, 11) is 0. The summed E-state index contributed by atoms with van der Waals surface area (Å²) in [5.74, 6) is 0. The van der Waals surface area contributed by atoms with Crippen molar-refractivity contribution in [1.29, 1.82) is 0 Å². The fourth-order valence-corrected chi connectivity index (χ4v) is 2.23. The van der Waals surface area contributed by atoms with Crippen LogP contribution in [0.1, 0.15) is 11.8 Å². The highest BCUT2D eigenvalue weighted by atomic mass is 35.5. The predicted octanol–water partition coefficient (Wildman–Crippen LogP) is 1.34. The van der Waals surface area contributed by atoms with Gasteiger partial charge in [-0.15, -0.1) is 0 Å². The van der Waals surface area contributed by atoms with Gasteiger partial charge in [-0.1, -0.05) is 29.3 Å².